The van der Waals surface area contributed by atoms with Crippen LogP contribution >= 0.6 is 0 Å². The molecule has 0 saturated carbocycles. The zero-order valence-corrected chi connectivity index (χ0v) is 19.6. The number of aldehydes is 1. The maximum atomic E-state index is 14.5. The van der Waals surface area contributed by atoms with Gasteiger partial charge in [-0.05, 0) is 24.1 Å². The molecule has 5 heterocycles. The van der Waals surface area contributed by atoms with Gasteiger partial charge in [0.1, 0.15) is 18.4 Å². The van der Waals surface area contributed by atoms with E-state index in [1.807, 2.05) is 4.90 Å². The Morgan fingerprint density at radius 2 is 2.05 bits per heavy atom. The fourth-order valence-electron chi connectivity index (χ4n) is 4.23. The van der Waals surface area contributed by atoms with E-state index >= 15 is 0 Å². The number of anilines is 2. The largest absolute Gasteiger partial charge is 0.444 e. The number of benzene rings is 1. The number of nitrogens with two attached hydrogens (primary N) is 1. The highest BCUT2D eigenvalue weighted by molar-refractivity contribution is 5.87. The maximum Gasteiger partial charge on any atom is 0.226 e. The van der Waals surface area contributed by atoms with Crippen molar-refractivity contribution in [1.82, 2.24) is 39.4 Å². The molecule has 4 aromatic heterocycles. The van der Waals surface area contributed by atoms with Crippen LogP contribution in [0.15, 0.2) is 35.2 Å². The lowest BCUT2D eigenvalue weighted by molar-refractivity contribution is -0.108. The molecule has 1 aliphatic heterocycles. The van der Waals surface area contributed by atoms with Crippen LogP contribution in [0.4, 0.5) is 16.0 Å². The number of nitrogens with zero attached hydrogens (tertiary/aromatic N) is 8. The topological polar surface area (TPSA) is 145 Å². The molecule has 37 heavy (non-hydrogen) atoms. The summed E-state index contributed by atoms with van der Waals surface area (Å²) in [6.07, 6.45) is 4.07. The summed E-state index contributed by atoms with van der Waals surface area (Å²) < 4.78 is 23.0. The van der Waals surface area contributed by atoms with Gasteiger partial charge in [-0.1, -0.05) is 5.92 Å². The van der Waals surface area contributed by atoms with Crippen molar-refractivity contribution in [2.24, 2.45) is 0 Å². The van der Waals surface area contributed by atoms with Crippen LogP contribution in [-0.2, 0) is 17.8 Å². The smallest absolute Gasteiger partial charge is 0.226 e. The number of carbonyl (C=O) groups is 1. The zero-order valence-electron chi connectivity index (χ0n) is 19.6. The van der Waals surface area contributed by atoms with Crippen LogP contribution in [0, 0.1) is 17.7 Å². The summed E-state index contributed by atoms with van der Waals surface area (Å²) in [6, 6.07) is 4.85. The number of halogens is 1. The molecule has 1 saturated heterocycles. The van der Waals surface area contributed by atoms with Gasteiger partial charge in [0.15, 0.2) is 16.8 Å². The van der Waals surface area contributed by atoms with Crippen LogP contribution < -0.4 is 16.0 Å². The normalized spacial score (nSPS) is 13.7. The van der Waals surface area contributed by atoms with Crippen molar-refractivity contribution in [3.63, 3.8) is 0 Å². The molecule has 12 nitrogen and oxygen atoms in total. The number of fused-ring (bicyclic) bond motifs is 3. The molecule has 0 unspecified atom stereocenters. The molecule has 3 N–H and O–H groups in total. The van der Waals surface area contributed by atoms with Crippen LogP contribution in [0.2, 0.25) is 0 Å². The van der Waals surface area contributed by atoms with Crippen LogP contribution in [0.1, 0.15) is 11.5 Å². The summed E-state index contributed by atoms with van der Waals surface area (Å²) in [7, 11) is 0. The minimum Gasteiger partial charge on any atom is -0.444 e. The molecule has 6 rings (SSSR count). The fraction of sp³-hybridized carbons (Fsp3) is 0.250. The Hall–Kier alpha value is -4.83. The number of aromatic nitrogens is 7. The minimum atomic E-state index is -0.271. The molecule has 5 aromatic rings. The number of oxazole rings is 1. The summed E-state index contributed by atoms with van der Waals surface area (Å²) in [5, 5.41) is 7.57. The summed E-state index contributed by atoms with van der Waals surface area (Å²) in [5.41, 5.74) is 9.19. The second kappa shape index (κ2) is 9.32. The Kier molecular flexibility index (Phi) is 5.70. The van der Waals surface area contributed by atoms with Gasteiger partial charge in [0, 0.05) is 31.7 Å². The molecule has 0 aliphatic carbocycles. The van der Waals surface area contributed by atoms with Gasteiger partial charge in [-0.25, -0.2) is 14.4 Å². The molecular formula is C24H21FN10O2. The Balaban J connectivity index is 1.22. The van der Waals surface area contributed by atoms with Crippen molar-refractivity contribution >= 4 is 34.7 Å². The second-order valence-electron chi connectivity index (χ2n) is 8.40. The lowest BCUT2D eigenvalue weighted by Crippen LogP contribution is -2.43. The first-order chi connectivity index (χ1) is 18.1. The van der Waals surface area contributed by atoms with Crippen molar-refractivity contribution in [2.45, 2.75) is 13.0 Å². The van der Waals surface area contributed by atoms with E-state index in [2.05, 4.69) is 42.2 Å². The van der Waals surface area contributed by atoms with Crippen LogP contribution in [0.5, 0.6) is 0 Å². The minimum absolute atomic E-state index is 0.106. The predicted molar refractivity (Wildman–Crippen MR) is 132 cm³/mol. The van der Waals surface area contributed by atoms with Gasteiger partial charge < -0.3 is 29.7 Å². The SMILES string of the molecule is Nc1nc2c(ncn2CC=O)c2nc(C#CCc3coc(-c4ccc(F)c(N5CCNCC5)c4)n3)nn12. The highest BCUT2D eigenvalue weighted by atomic mass is 19.1. The Morgan fingerprint density at radius 3 is 2.89 bits per heavy atom. The van der Waals surface area contributed by atoms with Crippen molar-refractivity contribution < 1.29 is 13.6 Å². The summed E-state index contributed by atoms with van der Waals surface area (Å²) in [4.78, 5) is 30.4. The average molecular weight is 500 g/mol. The van der Waals surface area contributed by atoms with Gasteiger partial charge in [-0.2, -0.15) is 14.5 Å². The Morgan fingerprint density at radius 1 is 1.19 bits per heavy atom. The standard InChI is InChI=1S/C24H21FN10O2/c25-17-5-4-15(12-18(17)33-8-6-27-7-9-33)23-29-16(13-37-23)2-1-3-19-30-22-20-21(31-24(26)35(22)32-19)34(10-11-36)14-28-20/h4-5,11-14,27H,2,6-10H2,(H2,26,31). The highest BCUT2D eigenvalue weighted by Gasteiger charge is 2.18. The van der Waals surface area contributed by atoms with Gasteiger partial charge in [-0.3, -0.25) is 0 Å². The number of carbonyl (C=O) groups excluding carboxylic acids is 1. The van der Waals surface area contributed by atoms with E-state index in [1.54, 1.807) is 16.7 Å². The van der Waals surface area contributed by atoms with E-state index in [-0.39, 0.29) is 24.1 Å². The second-order valence-corrected chi connectivity index (χ2v) is 8.40. The molecule has 186 valence electrons. The zero-order chi connectivity index (χ0) is 25.4. The number of nitrogens with one attached hydrogen (secondary N) is 1. The molecule has 0 atom stereocenters. The molecular weight excluding hydrogens is 479 g/mol. The van der Waals surface area contributed by atoms with Gasteiger partial charge in [0.05, 0.1) is 30.7 Å². The fourth-order valence-corrected chi connectivity index (χ4v) is 4.23. The van der Waals surface area contributed by atoms with E-state index in [0.29, 0.717) is 46.1 Å². The quantitative estimate of drug-likeness (QED) is 0.265. The molecule has 1 fully saturated rings. The third kappa shape index (κ3) is 4.23. The van der Waals surface area contributed by atoms with E-state index in [0.717, 1.165) is 32.5 Å². The lowest BCUT2D eigenvalue weighted by Gasteiger charge is -2.29. The summed E-state index contributed by atoms with van der Waals surface area (Å²) in [6.45, 7) is 3.19. The molecule has 0 bridgehead atoms. The summed E-state index contributed by atoms with van der Waals surface area (Å²) in [5.74, 6) is 6.37. The van der Waals surface area contributed by atoms with Gasteiger partial charge in [-0.15, -0.1) is 5.10 Å². The molecule has 13 heteroatoms. The number of piperazine rings is 1. The first kappa shape index (κ1) is 22.6. The van der Waals surface area contributed by atoms with E-state index in [9.17, 15) is 9.18 Å². The summed E-state index contributed by atoms with van der Waals surface area (Å²) >= 11 is 0. The first-order valence-corrected chi connectivity index (χ1v) is 11.6. The highest BCUT2D eigenvalue weighted by Crippen LogP contribution is 2.27. The van der Waals surface area contributed by atoms with E-state index in [4.69, 9.17) is 10.2 Å². The molecule has 1 aromatic carbocycles. The number of hydrogen-bond donors (Lipinski definition) is 2. The average Bonchev–Trinajstić information content (AvgIpc) is 3.65. The molecule has 0 spiro atoms. The van der Waals surface area contributed by atoms with Crippen molar-refractivity contribution in [3.8, 4) is 23.3 Å². The Bertz CT molecular complexity index is 1690. The van der Waals surface area contributed by atoms with Crippen molar-refractivity contribution in [2.75, 3.05) is 36.8 Å². The Labute approximate surface area is 209 Å². The van der Waals surface area contributed by atoms with Crippen LogP contribution in [-0.4, -0.2) is 66.6 Å². The van der Waals surface area contributed by atoms with Crippen molar-refractivity contribution in [1.29, 1.82) is 0 Å². The van der Waals surface area contributed by atoms with Gasteiger partial charge in [0.2, 0.25) is 17.7 Å². The van der Waals surface area contributed by atoms with Crippen molar-refractivity contribution in [3.05, 3.63) is 48.1 Å². The van der Waals surface area contributed by atoms with Crippen LogP contribution in [0.25, 0.3) is 28.3 Å². The number of nitrogen functional groups attached to an aromatic ring is 1. The number of hydrogen-bond acceptors (Lipinski definition) is 10. The van der Waals surface area contributed by atoms with Crippen LogP contribution in [0.3, 0.4) is 0 Å². The number of imidazole rings is 1. The lowest BCUT2D eigenvalue weighted by atomic mass is 10.1. The monoisotopic (exact) mass is 500 g/mol. The van der Waals surface area contributed by atoms with Gasteiger partial charge >= 0.3 is 0 Å². The maximum absolute atomic E-state index is 14.5. The number of rotatable bonds is 5. The molecule has 0 amide bonds. The van der Waals surface area contributed by atoms with E-state index in [1.165, 1.54) is 23.2 Å². The third-order valence-corrected chi connectivity index (χ3v) is 6.01. The third-order valence-electron chi connectivity index (χ3n) is 6.01. The first-order valence-electron chi connectivity index (χ1n) is 11.6. The molecule has 1 aliphatic rings. The van der Waals surface area contributed by atoms with Gasteiger partial charge in [0.25, 0.3) is 0 Å². The molecule has 0 radical (unpaired) electrons. The predicted octanol–water partition coefficient (Wildman–Crippen LogP) is 1.05. The van der Waals surface area contributed by atoms with E-state index < -0.39 is 0 Å².